The molecule has 1 aliphatic rings. The van der Waals surface area contributed by atoms with E-state index in [4.69, 9.17) is 10.6 Å². The van der Waals surface area contributed by atoms with Gasteiger partial charge in [-0.1, -0.05) is 18.2 Å². The summed E-state index contributed by atoms with van der Waals surface area (Å²) in [5.41, 5.74) is 5.83. The van der Waals surface area contributed by atoms with Gasteiger partial charge in [0.15, 0.2) is 0 Å². The van der Waals surface area contributed by atoms with Crippen LogP contribution in [0.15, 0.2) is 30.3 Å². The fourth-order valence-corrected chi connectivity index (χ4v) is 1.88. The van der Waals surface area contributed by atoms with E-state index in [1.165, 1.54) is 6.42 Å². The SMILES string of the molecule is CC1(N)CCCCN1Oc1ccccc1. The number of nitrogens with zero attached hydrogens (tertiary/aromatic N) is 1. The number of nitrogens with two attached hydrogens (primary N) is 1. The maximum atomic E-state index is 6.17. The first-order valence-electron chi connectivity index (χ1n) is 5.48. The van der Waals surface area contributed by atoms with Crippen molar-refractivity contribution in [1.82, 2.24) is 5.06 Å². The molecule has 82 valence electrons. The molecule has 0 amide bonds. The van der Waals surface area contributed by atoms with Crippen molar-refractivity contribution >= 4 is 0 Å². The largest absolute Gasteiger partial charge is 0.404 e. The lowest BCUT2D eigenvalue weighted by Crippen LogP contribution is -2.57. The number of benzene rings is 1. The van der Waals surface area contributed by atoms with Gasteiger partial charge in [-0.25, -0.2) is 0 Å². The van der Waals surface area contributed by atoms with Crippen molar-refractivity contribution in [2.75, 3.05) is 6.54 Å². The van der Waals surface area contributed by atoms with Gasteiger partial charge >= 0.3 is 0 Å². The Morgan fingerprint density at radius 3 is 2.67 bits per heavy atom. The summed E-state index contributed by atoms with van der Waals surface area (Å²) in [4.78, 5) is 5.78. The Kier molecular flexibility index (Phi) is 2.93. The molecule has 15 heavy (non-hydrogen) atoms. The van der Waals surface area contributed by atoms with E-state index in [1.807, 2.05) is 42.3 Å². The lowest BCUT2D eigenvalue weighted by molar-refractivity contribution is -0.155. The van der Waals surface area contributed by atoms with E-state index >= 15 is 0 Å². The highest BCUT2D eigenvalue weighted by Gasteiger charge is 2.32. The zero-order valence-electron chi connectivity index (χ0n) is 9.15. The molecule has 1 saturated heterocycles. The molecule has 1 aliphatic heterocycles. The van der Waals surface area contributed by atoms with Crippen LogP contribution in [0.1, 0.15) is 26.2 Å². The maximum Gasteiger partial charge on any atom is 0.147 e. The molecule has 3 nitrogen and oxygen atoms in total. The summed E-state index contributed by atoms with van der Waals surface area (Å²) >= 11 is 0. The molecule has 1 fully saturated rings. The summed E-state index contributed by atoms with van der Waals surface area (Å²) in [6.07, 6.45) is 3.32. The molecule has 0 bridgehead atoms. The molecule has 0 saturated carbocycles. The van der Waals surface area contributed by atoms with Gasteiger partial charge in [-0.05, 0) is 38.3 Å². The quantitative estimate of drug-likeness (QED) is 0.805. The molecule has 0 spiro atoms. The van der Waals surface area contributed by atoms with Gasteiger partial charge in [-0.3, -0.25) is 0 Å². The topological polar surface area (TPSA) is 38.5 Å². The number of hydrogen-bond acceptors (Lipinski definition) is 3. The standard InChI is InChI=1S/C12H18N2O/c1-12(13)9-5-6-10-14(12)15-11-7-3-2-4-8-11/h2-4,7-8H,5-6,9-10,13H2,1H3. The van der Waals surface area contributed by atoms with Crippen LogP contribution in [0.4, 0.5) is 0 Å². The van der Waals surface area contributed by atoms with Gasteiger partial charge in [0, 0.05) is 6.54 Å². The molecule has 0 aromatic heterocycles. The summed E-state index contributed by atoms with van der Waals surface area (Å²) < 4.78 is 0. The number of hydrogen-bond donors (Lipinski definition) is 1. The molecule has 1 aromatic carbocycles. The van der Waals surface area contributed by atoms with E-state index in [0.29, 0.717) is 0 Å². The second-order valence-corrected chi connectivity index (χ2v) is 4.32. The van der Waals surface area contributed by atoms with Gasteiger partial charge in [0.25, 0.3) is 0 Å². The summed E-state index contributed by atoms with van der Waals surface area (Å²) in [5.74, 6) is 0.857. The third-order valence-corrected chi connectivity index (χ3v) is 2.82. The third kappa shape index (κ3) is 2.49. The molecule has 1 atom stereocenters. The Morgan fingerprint density at radius 2 is 2.00 bits per heavy atom. The fraction of sp³-hybridized carbons (Fsp3) is 0.500. The third-order valence-electron chi connectivity index (χ3n) is 2.82. The highest BCUT2D eigenvalue weighted by molar-refractivity contribution is 5.20. The highest BCUT2D eigenvalue weighted by atomic mass is 16.7. The van der Waals surface area contributed by atoms with Gasteiger partial charge in [-0.2, -0.15) is 0 Å². The predicted octanol–water partition coefficient (Wildman–Crippen LogP) is 2.14. The van der Waals surface area contributed by atoms with E-state index in [-0.39, 0.29) is 5.66 Å². The van der Waals surface area contributed by atoms with Gasteiger partial charge in [0.2, 0.25) is 0 Å². The fourth-order valence-electron chi connectivity index (χ4n) is 1.88. The van der Waals surface area contributed by atoms with Crippen molar-refractivity contribution in [1.29, 1.82) is 0 Å². The van der Waals surface area contributed by atoms with E-state index in [0.717, 1.165) is 25.1 Å². The van der Waals surface area contributed by atoms with Crippen molar-refractivity contribution in [3.8, 4) is 5.75 Å². The first kappa shape index (κ1) is 10.5. The van der Waals surface area contributed by atoms with E-state index in [2.05, 4.69) is 0 Å². The van der Waals surface area contributed by atoms with Crippen molar-refractivity contribution in [3.05, 3.63) is 30.3 Å². The van der Waals surface area contributed by atoms with Crippen molar-refractivity contribution in [2.24, 2.45) is 5.73 Å². The average molecular weight is 206 g/mol. The smallest absolute Gasteiger partial charge is 0.147 e. The lowest BCUT2D eigenvalue weighted by Gasteiger charge is -2.40. The number of rotatable bonds is 2. The average Bonchev–Trinajstić information content (AvgIpc) is 2.23. The summed E-state index contributed by atoms with van der Waals surface area (Å²) in [7, 11) is 0. The predicted molar refractivity (Wildman–Crippen MR) is 60.2 cm³/mol. The summed E-state index contributed by atoms with van der Waals surface area (Å²) in [6.45, 7) is 2.93. The minimum absolute atomic E-state index is 0.339. The minimum Gasteiger partial charge on any atom is -0.404 e. The van der Waals surface area contributed by atoms with Crippen LogP contribution in [0, 0.1) is 0 Å². The van der Waals surface area contributed by atoms with Crippen LogP contribution < -0.4 is 10.6 Å². The zero-order chi connectivity index (χ0) is 10.7. The summed E-state index contributed by atoms with van der Waals surface area (Å²) in [6, 6.07) is 9.81. The van der Waals surface area contributed by atoms with Gasteiger partial charge in [-0.15, -0.1) is 5.06 Å². The second kappa shape index (κ2) is 4.21. The minimum atomic E-state index is -0.339. The number of piperidine rings is 1. The Balaban J connectivity index is 2.05. The molecule has 0 radical (unpaired) electrons. The van der Waals surface area contributed by atoms with Crippen LogP contribution in [0.5, 0.6) is 5.75 Å². The molecule has 3 heteroatoms. The Labute approximate surface area is 90.8 Å². The molecule has 1 heterocycles. The van der Waals surface area contributed by atoms with Crippen LogP contribution in [-0.2, 0) is 0 Å². The monoisotopic (exact) mass is 206 g/mol. The van der Waals surface area contributed by atoms with Crippen LogP contribution >= 0.6 is 0 Å². The number of para-hydroxylation sites is 1. The van der Waals surface area contributed by atoms with E-state index < -0.39 is 0 Å². The second-order valence-electron chi connectivity index (χ2n) is 4.32. The normalized spacial score (nSPS) is 27.6. The molecule has 2 N–H and O–H groups in total. The highest BCUT2D eigenvalue weighted by Crippen LogP contribution is 2.24. The molecule has 2 rings (SSSR count). The van der Waals surface area contributed by atoms with Crippen LogP contribution in [-0.4, -0.2) is 17.3 Å². The van der Waals surface area contributed by atoms with Gasteiger partial charge in [0.05, 0.1) is 0 Å². The first-order valence-corrected chi connectivity index (χ1v) is 5.48. The van der Waals surface area contributed by atoms with E-state index in [9.17, 15) is 0 Å². The lowest BCUT2D eigenvalue weighted by atomic mass is 10.0. The Hall–Kier alpha value is -1.06. The molecule has 1 unspecified atom stereocenters. The molecule has 0 aliphatic carbocycles. The Morgan fingerprint density at radius 1 is 1.27 bits per heavy atom. The van der Waals surface area contributed by atoms with Crippen LogP contribution in [0.3, 0.4) is 0 Å². The molecular weight excluding hydrogens is 188 g/mol. The van der Waals surface area contributed by atoms with Crippen molar-refractivity contribution < 1.29 is 4.84 Å². The molecular formula is C12H18N2O. The zero-order valence-corrected chi connectivity index (χ0v) is 9.15. The van der Waals surface area contributed by atoms with Gasteiger partial charge in [0.1, 0.15) is 11.4 Å². The van der Waals surface area contributed by atoms with E-state index in [1.54, 1.807) is 0 Å². The number of hydroxylamine groups is 2. The van der Waals surface area contributed by atoms with Gasteiger partial charge < -0.3 is 10.6 Å². The summed E-state index contributed by atoms with van der Waals surface area (Å²) in [5, 5.41) is 1.89. The van der Waals surface area contributed by atoms with Crippen molar-refractivity contribution in [2.45, 2.75) is 31.8 Å². The first-order chi connectivity index (χ1) is 7.18. The van der Waals surface area contributed by atoms with Crippen LogP contribution in [0.25, 0.3) is 0 Å². The maximum absolute atomic E-state index is 6.17. The van der Waals surface area contributed by atoms with Crippen molar-refractivity contribution in [3.63, 3.8) is 0 Å². The molecule has 1 aromatic rings. The van der Waals surface area contributed by atoms with Crippen LogP contribution in [0.2, 0.25) is 0 Å². The Bertz CT molecular complexity index is 311.